The molecule has 3 nitrogen and oxygen atoms in total. The topological polar surface area (TPSA) is 38.0 Å². The van der Waals surface area contributed by atoms with E-state index in [1.165, 1.54) is 5.56 Å². The van der Waals surface area contributed by atoms with Crippen molar-refractivity contribution in [1.29, 1.82) is 0 Å². The third kappa shape index (κ3) is 4.11. The predicted molar refractivity (Wildman–Crippen MR) is 57.5 cm³/mol. The maximum atomic E-state index is 9.56. The summed E-state index contributed by atoms with van der Waals surface area (Å²) >= 11 is 5.54. The van der Waals surface area contributed by atoms with Crippen LogP contribution in [0.3, 0.4) is 0 Å². The van der Waals surface area contributed by atoms with Crippen LogP contribution in [0.2, 0.25) is 0 Å². The van der Waals surface area contributed by atoms with E-state index in [-0.39, 0.29) is 6.10 Å². The van der Waals surface area contributed by atoms with Gasteiger partial charge in [0.25, 0.3) is 0 Å². The molecule has 1 aromatic heterocycles. The first-order valence-electron chi connectivity index (χ1n) is 4.94. The molecule has 0 fully saturated rings. The molecule has 0 radical (unpaired) electrons. The number of hydrogen-bond acceptors (Lipinski definition) is 2. The Morgan fingerprint density at radius 3 is 2.93 bits per heavy atom. The Balaban J connectivity index is 2.20. The summed E-state index contributed by atoms with van der Waals surface area (Å²) in [5, 5.41) is 13.6. The number of hydrogen-bond donors (Lipinski definition) is 1. The van der Waals surface area contributed by atoms with E-state index in [1.54, 1.807) is 4.68 Å². The molecule has 0 saturated carbocycles. The van der Waals surface area contributed by atoms with Gasteiger partial charge in [0.15, 0.2) is 0 Å². The lowest BCUT2D eigenvalue weighted by molar-refractivity contribution is 0.154. The summed E-state index contributed by atoms with van der Waals surface area (Å²) in [5.41, 5.74) is 1.18. The zero-order chi connectivity index (χ0) is 10.4. The smallest absolute Gasteiger partial charge is 0.0543 e. The SMILES string of the molecule is Cn1cc(CCC(O)CCCCl)cn1. The van der Waals surface area contributed by atoms with Crippen molar-refractivity contribution >= 4 is 11.6 Å². The van der Waals surface area contributed by atoms with Crippen LogP contribution in [0.1, 0.15) is 24.8 Å². The molecule has 1 atom stereocenters. The normalized spacial score (nSPS) is 13.1. The van der Waals surface area contributed by atoms with Crippen LogP contribution in [0.5, 0.6) is 0 Å². The molecule has 0 aliphatic rings. The van der Waals surface area contributed by atoms with Crippen molar-refractivity contribution in [2.45, 2.75) is 31.8 Å². The van der Waals surface area contributed by atoms with E-state index in [1.807, 2.05) is 19.4 Å². The Morgan fingerprint density at radius 2 is 2.36 bits per heavy atom. The van der Waals surface area contributed by atoms with Crippen LogP contribution in [0.15, 0.2) is 12.4 Å². The van der Waals surface area contributed by atoms with Gasteiger partial charge >= 0.3 is 0 Å². The summed E-state index contributed by atoms with van der Waals surface area (Å²) in [5.74, 6) is 0.629. The van der Waals surface area contributed by atoms with Gasteiger partial charge in [-0.05, 0) is 31.2 Å². The molecule has 4 heteroatoms. The standard InChI is InChI=1S/C10H17ClN2O/c1-13-8-9(7-12-13)4-5-10(14)3-2-6-11/h7-8,10,14H,2-6H2,1H3. The summed E-state index contributed by atoms with van der Waals surface area (Å²) in [6.45, 7) is 0. The van der Waals surface area contributed by atoms with Crippen molar-refractivity contribution in [1.82, 2.24) is 9.78 Å². The van der Waals surface area contributed by atoms with Gasteiger partial charge in [-0.25, -0.2) is 0 Å². The van der Waals surface area contributed by atoms with E-state index in [0.29, 0.717) is 5.88 Å². The van der Waals surface area contributed by atoms with E-state index in [9.17, 15) is 5.11 Å². The van der Waals surface area contributed by atoms with Crippen LogP contribution in [-0.4, -0.2) is 26.9 Å². The second-order valence-electron chi connectivity index (χ2n) is 3.55. The Bertz CT molecular complexity index is 262. The molecule has 0 aromatic carbocycles. The second-order valence-corrected chi connectivity index (χ2v) is 3.92. The number of halogens is 1. The Hall–Kier alpha value is -0.540. The summed E-state index contributed by atoms with van der Waals surface area (Å²) in [6.07, 6.45) is 6.95. The van der Waals surface area contributed by atoms with Crippen LogP contribution >= 0.6 is 11.6 Å². The molecule has 0 aliphatic carbocycles. The van der Waals surface area contributed by atoms with Crippen molar-refractivity contribution in [3.05, 3.63) is 18.0 Å². The minimum atomic E-state index is -0.228. The number of aliphatic hydroxyl groups is 1. The molecule has 0 aliphatic heterocycles. The zero-order valence-corrected chi connectivity index (χ0v) is 9.24. The van der Waals surface area contributed by atoms with Gasteiger partial charge in [-0.2, -0.15) is 5.10 Å². The minimum Gasteiger partial charge on any atom is -0.393 e. The highest BCUT2D eigenvalue weighted by Gasteiger charge is 2.04. The lowest BCUT2D eigenvalue weighted by atomic mass is 10.1. The van der Waals surface area contributed by atoms with Gasteiger partial charge in [0.05, 0.1) is 12.3 Å². The molecule has 0 spiro atoms. The third-order valence-corrected chi connectivity index (χ3v) is 2.46. The van der Waals surface area contributed by atoms with Gasteiger partial charge in [0, 0.05) is 19.1 Å². The molecule has 0 amide bonds. The van der Waals surface area contributed by atoms with E-state index in [2.05, 4.69) is 5.10 Å². The summed E-state index contributed by atoms with van der Waals surface area (Å²) in [7, 11) is 1.90. The van der Waals surface area contributed by atoms with Crippen LogP contribution < -0.4 is 0 Å². The summed E-state index contributed by atoms with van der Waals surface area (Å²) in [6, 6.07) is 0. The molecule has 14 heavy (non-hydrogen) atoms. The molecule has 0 bridgehead atoms. The van der Waals surface area contributed by atoms with Gasteiger partial charge in [-0.1, -0.05) is 0 Å². The number of nitrogens with zero attached hydrogens (tertiary/aromatic N) is 2. The number of aryl methyl sites for hydroxylation is 2. The van der Waals surface area contributed by atoms with Crippen molar-refractivity contribution in [2.75, 3.05) is 5.88 Å². The number of aliphatic hydroxyl groups excluding tert-OH is 1. The highest BCUT2D eigenvalue weighted by atomic mass is 35.5. The van der Waals surface area contributed by atoms with Crippen molar-refractivity contribution < 1.29 is 5.11 Å². The van der Waals surface area contributed by atoms with Crippen LogP contribution in [0.25, 0.3) is 0 Å². The number of aromatic nitrogens is 2. The molecule has 1 aromatic rings. The lowest BCUT2D eigenvalue weighted by Crippen LogP contribution is -2.07. The van der Waals surface area contributed by atoms with Crippen molar-refractivity contribution in [3.63, 3.8) is 0 Å². The van der Waals surface area contributed by atoms with Gasteiger partial charge in [-0.15, -0.1) is 11.6 Å². The first kappa shape index (κ1) is 11.5. The lowest BCUT2D eigenvalue weighted by Gasteiger charge is -2.07. The van der Waals surface area contributed by atoms with Crippen molar-refractivity contribution in [3.8, 4) is 0 Å². The first-order chi connectivity index (χ1) is 6.72. The van der Waals surface area contributed by atoms with E-state index >= 15 is 0 Å². The highest BCUT2D eigenvalue weighted by Crippen LogP contribution is 2.08. The molecule has 1 heterocycles. The number of alkyl halides is 1. The molecular formula is C10H17ClN2O. The molecular weight excluding hydrogens is 200 g/mol. The molecule has 1 N–H and O–H groups in total. The fourth-order valence-electron chi connectivity index (χ4n) is 1.39. The summed E-state index contributed by atoms with van der Waals surface area (Å²) < 4.78 is 1.78. The Kier molecular flexibility index (Phi) is 4.98. The first-order valence-corrected chi connectivity index (χ1v) is 5.47. The minimum absolute atomic E-state index is 0.228. The molecule has 80 valence electrons. The van der Waals surface area contributed by atoms with Gasteiger partial charge < -0.3 is 5.11 Å². The quantitative estimate of drug-likeness (QED) is 0.736. The molecule has 0 saturated heterocycles. The average Bonchev–Trinajstić information content (AvgIpc) is 2.58. The van der Waals surface area contributed by atoms with E-state index in [4.69, 9.17) is 11.6 Å². The zero-order valence-electron chi connectivity index (χ0n) is 8.49. The largest absolute Gasteiger partial charge is 0.393 e. The Labute approximate surface area is 89.7 Å². The van der Waals surface area contributed by atoms with E-state index in [0.717, 1.165) is 25.7 Å². The van der Waals surface area contributed by atoms with Crippen LogP contribution in [0.4, 0.5) is 0 Å². The monoisotopic (exact) mass is 216 g/mol. The average molecular weight is 217 g/mol. The van der Waals surface area contributed by atoms with Crippen LogP contribution in [-0.2, 0) is 13.5 Å². The fraction of sp³-hybridized carbons (Fsp3) is 0.700. The maximum Gasteiger partial charge on any atom is 0.0543 e. The number of rotatable bonds is 6. The van der Waals surface area contributed by atoms with Gasteiger partial charge in [-0.3, -0.25) is 4.68 Å². The summed E-state index contributed by atoms with van der Waals surface area (Å²) in [4.78, 5) is 0. The Morgan fingerprint density at radius 1 is 1.57 bits per heavy atom. The van der Waals surface area contributed by atoms with Gasteiger partial charge in [0.2, 0.25) is 0 Å². The fourth-order valence-corrected chi connectivity index (χ4v) is 1.55. The van der Waals surface area contributed by atoms with Gasteiger partial charge in [0.1, 0.15) is 0 Å². The molecule has 1 unspecified atom stereocenters. The van der Waals surface area contributed by atoms with Crippen LogP contribution in [0, 0.1) is 0 Å². The molecule has 1 rings (SSSR count). The third-order valence-electron chi connectivity index (χ3n) is 2.20. The predicted octanol–water partition coefficient (Wildman–Crippen LogP) is 1.73. The second kappa shape index (κ2) is 6.04. The van der Waals surface area contributed by atoms with E-state index < -0.39 is 0 Å². The van der Waals surface area contributed by atoms with Crippen molar-refractivity contribution in [2.24, 2.45) is 7.05 Å². The highest BCUT2D eigenvalue weighted by molar-refractivity contribution is 6.17. The maximum absolute atomic E-state index is 9.56.